The first-order chi connectivity index (χ1) is 7.25. The number of nitrogens with one attached hydrogen (secondary N) is 1. The van der Waals surface area contributed by atoms with Crippen LogP contribution >= 0.6 is 0 Å². The van der Waals surface area contributed by atoms with E-state index in [9.17, 15) is 4.79 Å². The molecule has 0 fully saturated rings. The van der Waals surface area contributed by atoms with Crippen molar-refractivity contribution in [2.75, 3.05) is 0 Å². The van der Waals surface area contributed by atoms with Crippen molar-refractivity contribution in [1.82, 2.24) is 15.2 Å². The first-order valence-corrected chi connectivity index (χ1v) is 4.25. The first kappa shape index (κ1) is 9.21. The second-order valence-corrected chi connectivity index (χ2v) is 2.90. The van der Waals surface area contributed by atoms with Gasteiger partial charge in [0.1, 0.15) is 6.42 Å². The van der Waals surface area contributed by atoms with Crippen LogP contribution in [0.3, 0.4) is 0 Å². The predicted molar refractivity (Wildman–Crippen MR) is 53.0 cm³/mol. The number of pyridine rings is 1. The highest BCUT2D eigenvalue weighted by Gasteiger charge is 1.96. The lowest BCUT2D eigenvalue weighted by Gasteiger charge is -1.89. The highest BCUT2D eigenvalue weighted by Crippen LogP contribution is 2.08. The molecule has 74 valence electrons. The summed E-state index contributed by atoms with van der Waals surface area (Å²) in [5.41, 5.74) is 1.38. The quantitative estimate of drug-likeness (QED) is 0.668. The molecule has 2 N–H and O–H groups in total. The standard InChI is InChI=1S/C10H7N3O2/c14-9(15)3-1-2-7-4-8-6-12-13-10(8)11-5-7/h4-6H,3H2,(H,14,15)(H,11,12,13). The van der Waals surface area contributed by atoms with E-state index in [-0.39, 0.29) is 6.42 Å². The van der Waals surface area contributed by atoms with Crippen LogP contribution in [0, 0.1) is 11.8 Å². The average Bonchev–Trinajstić information content (AvgIpc) is 2.64. The lowest BCUT2D eigenvalue weighted by molar-refractivity contribution is -0.135. The molecule has 2 rings (SSSR count). The Labute approximate surface area is 85.1 Å². The molecule has 0 aliphatic rings. The van der Waals surface area contributed by atoms with Gasteiger partial charge < -0.3 is 5.11 Å². The molecule has 0 atom stereocenters. The molecule has 15 heavy (non-hydrogen) atoms. The number of carboxylic acid groups (broad SMARTS) is 1. The number of carboxylic acids is 1. The molecule has 0 radical (unpaired) electrons. The molecule has 0 bridgehead atoms. The van der Waals surface area contributed by atoms with Crippen molar-refractivity contribution in [2.24, 2.45) is 0 Å². The third-order valence-corrected chi connectivity index (χ3v) is 1.76. The topological polar surface area (TPSA) is 78.9 Å². The number of nitrogens with zero attached hydrogens (tertiary/aromatic N) is 2. The van der Waals surface area contributed by atoms with Gasteiger partial charge in [0.2, 0.25) is 0 Å². The molecule has 0 saturated carbocycles. The lowest BCUT2D eigenvalue weighted by Crippen LogP contribution is -1.90. The number of carbonyl (C=O) groups is 1. The number of aliphatic carboxylic acids is 1. The van der Waals surface area contributed by atoms with Gasteiger partial charge in [-0.2, -0.15) is 5.10 Å². The highest BCUT2D eigenvalue weighted by molar-refractivity contribution is 5.75. The minimum absolute atomic E-state index is 0.163. The number of hydrogen-bond donors (Lipinski definition) is 2. The molecule has 2 aromatic rings. The monoisotopic (exact) mass is 201 g/mol. The fraction of sp³-hybridized carbons (Fsp3) is 0.100. The van der Waals surface area contributed by atoms with E-state index < -0.39 is 5.97 Å². The molecule has 0 aromatic carbocycles. The van der Waals surface area contributed by atoms with Crippen molar-refractivity contribution in [3.05, 3.63) is 24.0 Å². The van der Waals surface area contributed by atoms with Crippen LogP contribution in [0.25, 0.3) is 11.0 Å². The van der Waals surface area contributed by atoms with Crippen LogP contribution in [-0.4, -0.2) is 26.3 Å². The summed E-state index contributed by atoms with van der Waals surface area (Å²) < 4.78 is 0. The Morgan fingerprint density at radius 1 is 1.53 bits per heavy atom. The Morgan fingerprint density at radius 3 is 3.20 bits per heavy atom. The van der Waals surface area contributed by atoms with Crippen molar-refractivity contribution in [1.29, 1.82) is 0 Å². The SMILES string of the molecule is O=C(O)CC#Cc1cnc2[nH]ncc2c1. The molecule has 0 amide bonds. The van der Waals surface area contributed by atoms with E-state index in [4.69, 9.17) is 5.11 Å². The summed E-state index contributed by atoms with van der Waals surface area (Å²) in [5.74, 6) is 4.33. The molecule has 5 nitrogen and oxygen atoms in total. The Kier molecular flexibility index (Phi) is 2.33. The lowest BCUT2D eigenvalue weighted by atomic mass is 10.2. The van der Waals surface area contributed by atoms with Crippen molar-refractivity contribution in [3.63, 3.8) is 0 Å². The van der Waals surface area contributed by atoms with Gasteiger partial charge in [0.25, 0.3) is 0 Å². The second-order valence-electron chi connectivity index (χ2n) is 2.90. The summed E-state index contributed by atoms with van der Waals surface area (Å²) in [6, 6.07) is 1.81. The Balaban J connectivity index is 2.27. The van der Waals surface area contributed by atoms with Gasteiger partial charge in [0, 0.05) is 17.1 Å². The molecule has 0 unspecified atom stereocenters. The highest BCUT2D eigenvalue weighted by atomic mass is 16.4. The van der Waals surface area contributed by atoms with E-state index in [0.717, 1.165) is 5.39 Å². The van der Waals surface area contributed by atoms with E-state index in [1.165, 1.54) is 0 Å². The molecule has 0 spiro atoms. The van der Waals surface area contributed by atoms with Crippen molar-refractivity contribution in [2.45, 2.75) is 6.42 Å². The van der Waals surface area contributed by atoms with Crippen LogP contribution in [0.5, 0.6) is 0 Å². The molecule has 0 aliphatic heterocycles. The van der Waals surface area contributed by atoms with Crippen LogP contribution in [0.4, 0.5) is 0 Å². The maximum absolute atomic E-state index is 10.2. The number of aromatic amines is 1. The van der Waals surface area contributed by atoms with Gasteiger partial charge in [-0.25, -0.2) is 4.98 Å². The normalized spacial score (nSPS) is 9.60. The Morgan fingerprint density at radius 2 is 2.40 bits per heavy atom. The summed E-state index contributed by atoms with van der Waals surface area (Å²) in [7, 11) is 0. The number of fused-ring (bicyclic) bond motifs is 1. The summed E-state index contributed by atoms with van der Waals surface area (Å²) in [5, 5.41) is 15.8. The van der Waals surface area contributed by atoms with Gasteiger partial charge in [-0.1, -0.05) is 11.8 Å². The van der Waals surface area contributed by atoms with Crippen LogP contribution in [0.1, 0.15) is 12.0 Å². The zero-order chi connectivity index (χ0) is 10.7. The van der Waals surface area contributed by atoms with E-state index in [1.54, 1.807) is 18.5 Å². The predicted octanol–water partition coefficient (Wildman–Crippen LogP) is 0.784. The summed E-state index contributed by atoms with van der Waals surface area (Å²) in [4.78, 5) is 14.3. The number of hydrogen-bond acceptors (Lipinski definition) is 3. The molecule has 5 heteroatoms. The minimum Gasteiger partial charge on any atom is -0.481 e. The van der Waals surface area contributed by atoms with Gasteiger partial charge in [0.15, 0.2) is 5.65 Å². The van der Waals surface area contributed by atoms with Gasteiger partial charge >= 0.3 is 5.97 Å². The fourth-order valence-corrected chi connectivity index (χ4v) is 1.13. The van der Waals surface area contributed by atoms with Crippen molar-refractivity contribution < 1.29 is 9.90 Å². The van der Waals surface area contributed by atoms with Crippen LogP contribution in [-0.2, 0) is 4.79 Å². The number of H-pyrrole nitrogens is 1. The zero-order valence-corrected chi connectivity index (χ0v) is 7.69. The van der Waals surface area contributed by atoms with E-state index in [1.807, 2.05) is 0 Å². The van der Waals surface area contributed by atoms with Crippen LogP contribution in [0.2, 0.25) is 0 Å². The fourth-order valence-electron chi connectivity index (χ4n) is 1.13. The van der Waals surface area contributed by atoms with E-state index in [0.29, 0.717) is 11.2 Å². The first-order valence-electron chi connectivity index (χ1n) is 4.25. The van der Waals surface area contributed by atoms with Gasteiger partial charge in [0.05, 0.1) is 6.20 Å². The van der Waals surface area contributed by atoms with Crippen molar-refractivity contribution >= 4 is 17.0 Å². The molecular formula is C10H7N3O2. The smallest absolute Gasteiger partial charge is 0.315 e. The average molecular weight is 201 g/mol. The maximum atomic E-state index is 10.2. The molecule has 0 aliphatic carbocycles. The Hall–Kier alpha value is -2.35. The largest absolute Gasteiger partial charge is 0.481 e. The third-order valence-electron chi connectivity index (χ3n) is 1.76. The molecular weight excluding hydrogens is 194 g/mol. The number of aromatic nitrogens is 3. The van der Waals surface area contributed by atoms with Crippen LogP contribution in [0.15, 0.2) is 18.5 Å². The summed E-state index contributed by atoms with van der Waals surface area (Å²) in [6.07, 6.45) is 3.06. The zero-order valence-electron chi connectivity index (χ0n) is 7.69. The molecule has 2 heterocycles. The molecule has 0 saturated heterocycles. The van der Waals surface area contributed by atoms with Crippen molar-refractivity contribution in [3.8, 4) is 11.8 Å². The number of rotatable bonds is 1. The third kappa shape index (κ3) is 2.11. The maximum Gasteiger partial charge on any atom is 0.315 e. The Bertz CT molecular complexity index is 563. The van der Waals surface area contributed by atoms with Crippen LogP contribution < -0.4 is 0 Å². The van der Waals surface area contributed by atoms with E-state index >= 15 is 0 Å². The van der Waals surface area contributed by atoms with Gasteiger partial charge in [-0.3, -0.25) is 9.89 Å². The van der Waals surface area contributed by atoms with Gasteiger partial charge in [-0.15, -0.1) is 0 Å². The van der Waals surface area contributed by atoms with E-state index in [2.05, 4.69) is 27.0 Å². The van der Waals surface area contributed by atoms with Gasteiger partial charge in [-0.05, 0) is 6.07 Å². The molecule has 2 aromatic heterocycles. The summed E-state index contributed by atoms with van der Waals surface area (Å²) in [6.45, 7) is 0. The second kappa shape index (κ2) is 3.80. The minimum atomic E-state index is -0.931. The summed E-state index contributed by atoms with van der Waals surface area (Å²) >= 11 is 0.